The van der Waals surface area contributed by atoms with E-state index in [0.29, 0.717) is 0 Å². The minimum absolute atomic E-state index is 0.0278. The molecule has 0 heterocycles. The van der Waals surface area contributed by atoms with Gasteiger partial charge in [0.1, 0.15) is 0 Å². The molecule has 108 valence electrons. The maximum absolute atomic E-state index is 12.7. The Labute approximate surface area is 110 Å². The van der Waals surface area contributed by atoms with Gasteiger partial charge in [-0.15, -0.1) is 0 Å². The highest BCUT2D eigenvalue weighted by Gasteiger charge is 2.33. The number of halogens is 3. The molecule has 0 radical (unpaired) electrons. The summed E-state index contributed by atoms with van der Waals surface area (Å²) in [5.74, 6) is -0.227. The van der Waals surface area contributed by atoms with E-state index in [9.17, 15) is 21.6 Å². The van der Waals surface area contributed by atoms with Gasteiger partial charge in [0, 0.05) is 17.5 Å². The number of hydrogen-bond acceptors (Lipinski definition) is 3. The number of benzene rings is 1. The van der Waals surface area contributed by atoms with Gasteiger partial charge in [-0.05, 0) is 19.1 Å². The van der Waals surface area contributed by atoms with E-state index < -0.39 is 27.6 Å². The molecule has 7 heteroatoms. The van der Waals surface area contributed by atoms with E-state index in [1.807, 2.05) is 0 Å². The van der Waals surface area contributed by atoms with Crippen molar-refractivity contribution in [3.63, 3.8) is 0 Å². The first-order chi connectivity index (χ1) is 8.65. The molecule has 0 saturated heterocycles. The zero-order valence-electron chi connectivity index (χ0n) is 10.7. The fourth-order valence-corrected chi connectivity index (χ4v) is 2.74. The lowest BCUT2D eigenvalue weighted by Crippen LogP contribution is -2.27. The molecule has 1 rings (SSSR count). The fourth-order valence-electron chi connectivity index (χ4n) is 1.66. The molecule has 0 fully saturated rings. The van der Waals surface area contributed by atoms with Gasteiger partial charge in [0.05, 0.1) is 11.3 Å². The predicted molar refractivity (Wildman–Crippen MR) is 68.9 cm³/mol. The Hall–Kier alpha value is -1.24. The molecule has 1 unspecified atom stereocenters. The van der Waals surface area contributed by atoms with Gasteiger partial charge in [-0.3, -0.25) is 0 Å². The van der Waals surface area contributed by atoms with Crippen molar-refractivity contribution in [2.75, 3.05) is 16.8 Å². The Morgan fingerprint density at radius 1 is 1.26 bits per heavy atom. The average Bonchev–Trinajstić information content (AvgIpc) is 2.27. The lowest BCUT2D eigenvalue weighted by Gasteiger charge is -2.19. The van der Waals surface area contributed by atoms with Crippen LogP contribution in [0.1, 0.15) is 19.4 Å². The third-order valence-corrected chi connectivity index (χ3v) is 4.47. The molecule has 0 aliphatic rings. The van der Waals surface area contributed by atoms with Crippen molar-refractivity contribution >= 4 is 15.5 Å². The minimum Gasteiger partial charge on any atom is -0.381 e. The molecule has 0 aliphatic carbocycles. The summed E-state index contributed by atoms with van der Waals surface area (Å²) in [6.07, 6.45) is -4.47. The molecule has 0 aromatic heterocycles. The summed E-state index contributed by atoms with van der Waals surface area (Å²) < 4.78 is 61.1. The Kier molecular flexibility index (Phi) is 4.84. The van der Waals surface area contributed by atoms with E-state index in [1.165, 1.54) is 25.1 Å². The number of hydrogen-bond donors (Lipinski definition) is 1. The maximum atomic E-state index is 12.7. The van der Waals surface area contributed by atoms with E-state index in [1.54, 1.807) is 6.92 Å². The van der Waals surface area contributed by atoms with Crippen molar-refractivity contribution < 1.29 is 21.6 Å². The number of para-hydroxylation sites is 1. The molecule has 19 heavy (non-hydrogen) atoms. The molecule has 1 aromatic carbocycles. The highest BCUT2D eigenvalue weighted by atomic mass is 32.2. The van der Waals surface area contributed by atoms with Gasteiger partial charge in [0.15, 0.2) is 9.84 Å². The predicted octanol–water partition coefficient (Wildman–Crippen LogP) is 2.94. The normalized spacial score (nSPS) is 14.2. The van der Waals surface area contributed by atoms with Crippen LogP contribution in [0.15, 0.2) is 24.3 Å². The van der Waals surface area contributed by atoms with Crippen LogP contribution in [-0.4, -0.2) is 26.0 Å². The van der Waals surface area contributed by atoms with Crippen molar-refractivity contribution in [1.29, 1.82) is 0 Å². The van der Waals surface area contributed by atoms with E-state index >= 15 is 0 Å². The monoisotopic (exact) mass is 295 g/mol. The second kappa shape index (κ2) is 5.81. The smallest absolute Gasteiger partial charge is 0.381 e. The number of alkyl halides is 3. The highest BCUT2D eigenvalue weighted by molar-refractivity contribution is 7.91. The van der Waals surface area contributed by atoms with Crippen LogP contribution in [-0.2, 0) is 16.0 Å². The van der Waals surface area contributed by atoms with Gasteiger partial charge in [0.2, 0.25) is 0 Å². The van der Waals surface area contributed by atoms with Crippen LogP contribution in [0.25, 0.3) is 0 Å². The number of rotatable bonds is 5. The molecule has 1 aromatic rings. The zero-order chi connectivity index (χ0) is 14.7. The van der Waals surface area contributed by atoms with Gasteiger partial charge in [-0.25, -0.2) is 8.42 Å². The van der Waals surface area contributed by atoms with Gasteiger partial charge in [-0.1, -0.05) is 19.1 Å². The lowest BCUT2D eigenvalue weighted by molar-refractivity contribution is -0.137. The molecular weight excluding hydrogens is 279 g/mol. The third-order valence-electron chi connectivity index (χ3n) is 2.58. The Balaban J connectivity index is 2.89. The van der Waals surface area contributed by atoms with Gasteiger partial charge < -0.3 is 5.32 Å². The van der Waals surface area contributed by atoms with E-state index in [2.05, 4.69) is 5.32 Å². The van der Waals surface area contributed by atoms with Crippen molar-refractivity contribution in [3.05, 3.63) is 29.8 Å². The standard InChI is InChI=1S/C12H16F3NO2S/c1-3-19(17,18)8-9(2)16-11-7-5-4-6-10(11)12(13,14)15/h4-7,9,16H,3,8H2,1-2H3. The fraction of sp³-hybridized carbons (Fsp3) is 0.500. The molecule has 3 nitrogen and oxygen atoms in total. The first-order valence-electron chi connectivity index (χ1n) is 5.79. The van der Waals surface area contributed by atoms with Gasteiger partial charge in [0.25, 0.3) is 0 Å². The van der Waals surface area contributed by atoms with Crippen molar-refractivity contribution in [1.82, 2.24) is 0 Å². The minimum atomic E-state index is -4.47. The van der Waals surface area contributed by atoms with Crippen molar-refractivity contribution in [2.45, 2.75) is 26.1 Å². The topological polar surface area (TPSA) is 46.2 Å². The molecule has 0 bridgehead atoms. The second-order valence-electron chi connectivity index (χ2n) is 4.29. The summed E-state index contributed by atoms with van der Waals surface area (Å²) in [7, 11) is -3.23. The Morgan fingerprint density at radius 2 is 1.84 bits per heavy atom. The quantitative estimate of drug-likeness (QED) is 0.908. The van der Waals surface area contributed by atoms with Crippen LogP contribution in [0.4, 0.5) is 18.9 Å². The van der Waals surface area contributed by atoms with Crippen LogP contribution < -0.4 is 5.32 Å². The molecule has 0 spiro atoms. The van der Waals surface area contributed by atoms with Crippen LogP contribution in [0, 0.1) is 0 Å². The first kappa shape index (κ1) is 15.8. The van der Waals surface area contributed by atoms with Crippen LogP contribution in [0.2, 0.25) is 0 Å². The summed E-state index contributed by atoms with van der Waals surface area (Å²) in [5, 5.41) is 2.61. The molecule has 1 atom stereocenters. The SMILES string of the molecule is CCS(=O)(=O)CC(C)Nc1ccccc1C(F)(F)F. The highest BCUT2D eigenvalue weighted by Crippen LogP contribution is 2.34. The van der Waals surface area contributed by atoms with E-state index in [4.69, 9.17) is 0 Å². The summed E-state index contributed by atoms with van der Waals surface area (Å²) in [4.78, 5) is 0. The molecule has 0 amide bonds. The second-order valence-corrected chi connectivity index (χ2v) is 6.69. The van der Waals surface area contributed by atoms with Gasteiger partial charge >= 0.3 is 6.18 Å². The number of anilines is 1. The Bertz CT molecular complexity index is 526. The van der Waals surface area contributed by atoms with Gasteiger partial charge in [-0.2, -0.15) is 13.2 Å². The number of sulfone groups is 1. The van der Waals surface area contributed by atoms with Crippen LogP contribution >= 0.6 is 0 Å². The number of nitrogens with one attached hydrogen (secondary N) is 1. The molecular formula is C12H16F3NO2S. The van der Waals surface area contributed by atoms with Crippen LogP contribution in [0.3, 0.4) is 0 Å². The molecule has 1 N–H and O–H groups in total. The summed E-state index contributed by atoms with van der Waals surface area (Å²) >= 11 is 0. The summed E-state index contributed by atoms with van der Waals surface area (Å²) in [6, 6.07) is 4.43. The van der Waals surface area contributed by atoms with E-state index in [-0.39, 0.29) is 17.2 Å². The lowest BCUT2D eigenvalue weighted by atomic mass is 10.1. The largest absolute Gasteiger partial charge is 0.418 e. The van der Waals surface area contributed by atoms with E-state index in [0.717, 1.165) is 6.07 Å². The zero-order valence-corrected chi connectivity index (χ0v) is 11.5. The first-order valence-corrected chi connectivity index (χ1v) is 7.61. The molecule has 0 saturated carbocycles. The third kappa shape index (κ3) is 4.74. The maximum Gasteiger partial charge on any atom is 0.418 e. The molecule has 0 aliphatic heterocycles. The van der Waals surface area contributed by atoms with Crippen molar-refractivity contribution in [3.8, 4) is 0 Å². The average molecular weight is 295 g/mol. The summed E-state index contributed by atoms with van der Waals surface area (Å²) in [5.41, 5.74) is -0.899. The van der Waals surface area contributed by atoms with Crippen molar-refractivity contribution in [2.24, 2.45) is 0 Å². The summed E-state index contributed by atoms with van der Waals surface area (Å²) in [6.45, 7) is 3.05. The van der Waals surface area contributed by atoms with Crippen LogP contribution in [0.5, 0.6) is 0 Å². The Morgan fingerprint density at radius 3 is 2.37 bits per heavy atom.